The van der Waals surface area contributed by atoms with Crippen LogP contribution in [0.25, 0.3) is 0 Å². The molecule has 6 nitrogen and oxygen atoms in total. The third-order valence-corrected chi connectivity index (χ3v) is 3.92. The maximum atomic E-state index is 12.2. The molecule has 2 heterocycles. The Bertz CT molecular complexity index is 588. The molecule has 1 unspecified atom stereocenters. The largest absolute Gasteiger partial charge is 0.372 e. The van der Waals surface area contributed by atoms with E-state index in [9.17, 15) is 4.79 Å². The van der Waals surface area contributed by atoms with Crippen molar-refractivity contribution in [1.82, 2.24) is 19.9 Å². The molecule has 2 aromatic rings. The highest BCUT2D eigenvalue weighted by molar-refractivity contribution is 7.09. The van der Waals surface area contributed by atoms with Crippen LogP contribution >= 0.6 is 11.3 Å². The lowest BCUT2D eigenvalue weighted by Crippen LogP contribution is -2.27. The van der Waals surface area contributed by atoms with Gasteiger partial charge in [-0.2, -0.15) is 0 Å². The molecule has 0 bridgehead atoms. The fourth-order valence-corrected chi connectivity index (χ4v) is 2.64. The topological polar surface area (TPSA) is 68.2 Å². The van der Waals surface area contributed by atoms with Crippen molar-refractivity contribution in [2.45, 2.75) is 26.5 Å². The Morgan fingerprint density at radius 3 is 2.95 bits per heavy atom. The number of rotatable bonds is 6. The molecule has 0 aliphatic carbocycles. The van der Waals surface area contributed by atoms with E-state index in [1.807, 2.05) is 19.2 Å². The molecule has 2 rings (SSSR count). The van der Waals surface area contributed by atoms with Gasteiger partial charge in [-0.25, -0.2) is 9.97 Å². The van der Waals surface area contributed by atoms with Gasteiger partial charge < -0.3 is 9.64 Å². The minimum absolute atomic E-state index is 0.0188. The summed E-state index contributed by atoms with van der Waals surface area (Å²) in [4.78, 5) is 26.2. The number of carbonyl (C=O) groups is 1. The Morgan fingerprint density at radius 1 is 1.48 bits per heavy atom. The molecule has 0 aliphatic rings. The SMILES string of the molecule is CCOC(C)c1nc(CN(C)C(=O)c2cnccn2)cs1. The van der Waals surface area contributed by atoms with Gasteiger partial charge in [-0.3, -0.25) is 9.78 Å². The van der Waals surface area contributed by atoms with Crippen LogP contribution in [0.1, 0.15) is 41.1 Å². The highest BCUT2D eigenvalue weighted by Crippen LogP contribution is 2.21. The molecule has 0 aromatic carbocycles. The third-order valence-electron chi connectivity index (χ3n) is 2.86. The number of amides is 1. The first-order chi connectivity index (χ1) is 10.1. The first-order valence-electron chi connectivity index (χ1n) is 6.69. The van der Waals surface area contributed by atoms with E-state index in [-0.39, 0.29) is 12.0 Å². The first kappa shape index (κ1) is 15.5. The van der Waals surface area contributed by atoms with Gasteiger partial charge >= 0.3 is 0 Å². The maximum absolute atomic E-state index is 12.2. The van der Waals surface area contributed by atoms with E-state index < -0.39 is 0 Å². The minimum atomic E-state index is -0.171. The van der Waals surface area contributed by atoms with Crippen LogP contribution in [-0.4, -0.2) is 39.4 Å². The van der Waals surface area contributed by atoms with Crippen LogP contribution in [-0.2, 0) is 11.3 Å². The summed E-state index contributed by atoms with van der Waals surface area (Å²) in [6.45, 7) is 5.02. The summed E-state index contributed by atoms with van der Waals surface area (Å²) < 4.78 is 5.51. The van der Waals surface area contributed by atoms with Gasteiger partial charge in [0, 0.05) is 31.4 Å². The fourth-order valence-electron chi connectivity index (χ4n) is 1.82. The average molecular weight is 306 g/mol. The lowest BCUT2D eigenvalue weighted by Gasteiger charge is -2.15. The fraction of sp³-hybridized carbons (Fsp3) is 0.429. The van der Waals surface area contributed by atoms with Gasteiger partial charge in [0.2, 0.25) is 0 Å². The smallest absolute Gasteiger partial charge is 0.274 e. The van der Waals surface area contributed by atoms with Crippen LogP contribution in [0.3, 0.4) is 0 Å². The molecule has 0 fully saturated rings. The number of ether oxygens (including phenoxy) is 1. The number of aromatic nitrogens is 3. The van der Waals surface area contributed by atoms with E-state index in [4.69, 9.17) is 4.74 Å². The molecule has 0 saturated carbocycles. The summed E-state index contributed by atoms with van der Waals surface area (Å²) in [5, 5.41) is 2.87. The highest BCUT2D eigenvalue weighted by Gasteiger charge is 2.16. The van der Waals surface area contributed by atoms with Crippen molar-refractivity contribution >= 4 is 17.2 Å². The molecular formula is C14H18N4O2S. The quantitative estimate of drug-likeness (QED) is 0.819. The van der Waals surface area contributed by atoms with Gasteiger partial charge in [0.15, 0.2) is 0 Å². The number of nitrogens with zero attached hydrogens (tertiary/aromatic N) is 4. The van der Waals surface area contributed by atoms with Gasteiger partial charge in [-0.05, 0) is 13.8 Å². The second-order valence-corrected chi connectivity index (χ2v) is 5.42. The van der Waals surface area contributed by atoms with Crippen molar-refractivity contribution in [1.29, 1.82) is 0 Å². The zero-order chi connectivity index (χ0) is 15.2. The Kier molecular flexibility index (Phi) is 5.35. The van der Waals surface area contributed by atoms with Crippen molar-refractivity contribution in [3.05, 3.63) is 40.4 Å². The standard InChI is InChI=1S/C14H18N4O2S/c1-4-20-10(2)13-17-11(9-21-13)8-18(3)14(19)12-7-15-5-6-16-12/h5-7,9-10H,4,8H2,1-3H3. The van der Waals surface area contributed by atoms with E-state index in [2.05, 4.69) is 15.0 Å². The first-order valence-corrected chi connectivity index (χ1v) is 7.57. The monoisotopic (exact) mass is 306 g/mol. The van der Waals surface area contributed by atoms with Crippen LogP contribution in [0.4, 0.5) is 0 Å². The molecule has 2 aromatic heterocycles. The van der Waals surface area contributed by atoms with E-state index >= 15 is 0 Å². The Balaban J connectivity index is 2.00. The highest BCUT2D eigenvalue weighted by atomic mass is 32.1. The van der Waals surface area contributed by atoms with Crippen molar-refractivity contribution in [2.24, 2.45) is 0 Å². The van der Waals surface area contributed by atoms with Gasteiger partial charge in [-0.1, -0.05) is 0 Å². The molecule has 0 saturated heterocycles. The van der Waals surface area contributed by atoms with Crippen molar-refractivity contribution in [2.75, 3.05) is 13.7 Å². The molecule has 0 spiro atoms. The second kappa shape index (κ2) is 7.24. The molecule has 0 aliphatic heterocycles. The summed E-state index contributed by atoms with van der Waals surface area (Å²) in [6.07, 6.45) is 4.49. The Morgan fingerprint density at radius 2 is 2.29 bits per heavy atom. The summed E-state index contributed by atoms with van der Waals surface area (Å²) in [6, 6.07) is 0. The Hall–Kier alpha value is -1.86. The second-order valence-electron chi connectivity index (χ2n) is 4.53. The lowest BCUT2D eigenvalue weighted by molar-refractivity contribution is 0.0754. The van der Waals surface area contributed by atoms with Gasteiger partial charge in [0.1, 0.15) is 16.8 Å². The summed E-state index contributed by atoms with van der Waals surface area (Å²) in [5.74, 6) is -0.171. The molecule has 21 heavy (non-hydrogen) atoms. The summed E-state index contributed by atoms with van der Waals surface area (Å²) in [7, 11) is 1.72. The van der Waals surface area contributed by atoms with E-state index in [1.165, 1.54) is 12.4 Å². The van der Waals surface area contributed by atoms with Crippen molar-refractivity contribution < 1.29 is 9.53 Å². The predicted molar refractivity (Wildman–Crippen MR) is 80.0 cm³/mol. The molecule has 7 heteroatoms. The van der Waals surface area contributed by atoms with Crippen LogP contribution in [0.15, 0.2) is 24.0 Å². The van der Waals surface area contributed by atoms with Gasteiger partial charge in [0.25, 0.3) is 5.91 Å². The molecule has 112 valence electrons. The minimum Gasteiger partial charge on any atom is -0.372 e. The third kappa shape index (κ3) is 4.05. The van der Waals surface area contributed by atoms with Crippen molar-refractivity contribution in [3.63, 3.8) is 0 Å². The summed E-state index contributed by atoms with van der Waals surface area (Å²) in [5.41, 5.74) is 1.18. The molecule has 0 radical (unpaired) electrons. The van der Waals surface area contributed by atoms with Crippen LogP contribution < -0.4 is 0 Å². The molecule has 1 atom stereocenters. The van der Waals surface area contributed by atoms with Gasteiger partial charge in [0.05, 0.1) is 18.4 Å². The van der Waals surface area contributed by atoms with Crippen LogP contribution in [0, 0.1) is 0 Å². The van der Waals surface area contributed by atoms with Crippen molar-refractivity contribution in [3.8, 4) is 0 Å². The number of carbonyl (C=O) groups excluding carboxylic acids is 1. The predicted octanol–water partition coefficient (Wildman–Crippen LogP) is 2.30. The number of thiazole rings is 1. The average Bonchev–Trinajstić information content (AvgIpc) is 2.96. The number of hydrogen-bond acceptors (Lipinski definition) is 6. The van der Waals surface area contributed by atoms with Crippen LogP contribution in [0.5, 0.6) is 0 Å². The Labute approximate surface area is 127 Å². The zero-order valence-corrected chi connectivity index (χ0v) is 13.1. The lowest BCUT2D eigenvalue weighted by atomic mass is 10.3. The van der Waals surface area contributed by atoms with E-state index in [0.717, 1.165) is 10.7 Å². The normalized spacial score (nSPS) is 12.1. The maximum Gasteiger partial charge on any atom is 0.274 e. The van der Waals surface area contributed by atoms with Crippen LogP contribution in [0.2, 0.25) is 0 Å². The van der Waals surface area contributed by atoms with Gasteiger partial charge in [-0.15, -0.1) is 11.3 Å². The molecular weight excluding hydrogens is 288 g/mol. The van der Waals surface area contributed by atoms with E-state index in [1.54, 1.807) is 29.5 Å². The molecule has 0 N–H and O–H groups in total. The molecule has 1 amide bonds. The summed E-state index contributed by atoms with van der Waals surface area (Å²) >= 11 is 1.55. The number of hydrogen-bond donors (Lipinski definition) is 0. The van der Waals surface area contributed by atoms with E-state index in [0.29, 0.717) is 18.8 Å². The zero-order valence-electron chi connectivity index (χ0n) is 12.3.